The molecular formula is C17H25NO3. The summed E-state index contributed by atoms with van der Waals surface area (Å²) in [4.78, 5) is 11.9. The Balaban J connectivity index is 1.80. The van der Waals surface area contributed by atoms with Crippen molar-refractivity contribution < 1.29 is 14.6 Å². The van der Waals surface area contributed by atoms with E-state index in [2.05, 4.69) is 5.32 Å². The van der Waals surface area contributed by atoms with E-state index in [-0.39, 0.29) is 25.3 Å². The Bertz CT molecular complexity index is 415. The molecule has 1 unspecified atom stereocenters. The van der Waals surface area contributed by atoms with E-state index in [1.807, 2.05) is 30.3 Å². The van der Waals surface area contributed by atoms with E-state index in [1.54, 1.807) is 0 Å². The average Bonchev–Trinajstić information content (AvgIpc) is 2.54. The molecule has 1 atom stereocenters. The number of amides is 1. The minimum atomic E-state index is -0.386. The molecule has 1 fully saturated rings. The van der Waals surface area contributed by atoms with Crippen molar-refractivity contribution in [1.29, 1.82) is 0 Å². The number of nitrogens with one attached hydrogen (secondary N) is 1. The van der Waals surface area contributed by atoms with Crippen LogP contribution in [0.5, 0.6) is 0 Å². The Morgan fingerprint density at radius 1 is 1.24 bits per heavy atom. The number of aliphatic hydroxyl groups excluding tert-OH is 1. The molecule has 0 aromatic heterocycles. The molecule has 1 aliphatic carbocycles. The van der Waals surface area contributed by atoms with Crippen LogP contribution in [0.1, 0.15) is 44.1 Å². The van der Waals surface area contributed by atoms with Crippen molar-refractivity contribution in [2.24, 2.45) is 5.92 Å². The maximum absolute atomic E-state index is 11.9. The Labute approximate surface area is 126 Å². The predicted octanol–water partition coefficient (Wildman–Crippen LogP) is 3.24. The van der Waals surface area contributed by atoms with E-state index in [0.29, 0.717) is 12.3 Å². The van der Waals surface area contributed by atoms with Crippen molar-refractivity contribution in [2.45, 2.75) is 51.2 Å². The summed E-state index contributed by atoms with van der Waals surface area (Å²) in [5.41, 5.74) is 0.976. The fourth-order valence-electron chi connectivity index (χ4n) is 3.02. The number of carbonyl (C=O) groups is 1. The molecule has 1 aromatic rings. The van der Waals surface area contributed by atoms with Crippen molar-refractivity contribution in [3.8, 4) is 0 Å². The van der Waals surface area contributed by atoms with E-state index < -0.39 is 0 Å². The normalized spacial score (nSPS) is 17.2. The Hall–Kier alpha value is -1.55. The summed E-state index contributed by atoms with van der Waals surface area (Å²) in [6.45, 7) is 0.378. The molecule has 0 radical (unpaired) electrons. The maximum atomic E-state index is 11.9. The molecule has 1 aromatic carbocycles. The monoisotopic (exact) mass is 291 g/mol. The fourth-order valence-corrected chi connectivity index (χ4v) is 3.02. The van der Waals surface area contributed by atoms with E-state index in [1.165, 1.54) is 19.3 Å². The van der Waals surface area contributed by atoms with Gasteiger partial charge in [-0.1, -0.05) is 49.6 Å². The van der Waals surface area contributed by atoms with E-state index in [9.17, 15) is 9.90 Å². The Morgan fingerprint density at radius 2 is 1.95 bits per heavy atom. The molecule has 4 nitrogen and oxygen atoms in total. The number of hydrogen-bond acceptors (Lipinski definition) is 3. The molecule has 0 bridgehead atoms. The number of alkyl carbamates (subject to hydrolysis) is 1. The molecule has 1 saturated carbocycles. The van der Waals surface area contributed by atoms with Crippen molar-refractivity contribution >= 4 is 6.09 Å². The molecule has 0 saturated heterocycles. The number of rotatable bonds is 6. The summed E-state index contributed by atoms with van der Waals surface area (Å²) >= 11 is 0. The largest absolute Gasteiger partial charge is 0.445 e. The first-order valence-electron chi connectivity index (χ1n) is 7.87. The van der Waals surface area contributed by atoms with Gasteiger partial charge >= 0.3 is 6.09 Å². The molecule has 1 amide bonds. The van der Waals surface area contributed by atoms with Gasteiger partial charge in [0.2, 0.25) is 0 Å². The molecule has 1 aliphatic rings. The van der Waals surface area contributed by atoms with E-state index >= 15 is 0 Å². The minimum absolute atomic E-state index is 0.0265. The summed E-state index contributed by atoms with van der Waals surface area (Å²) in [7, 11) is 0. The third-order valence-corrected chi connectivity index (χ3v) is 4.17. The van der Waals surface area contributed by atoms with Crippen LogP contribution in [0.3, 0.4) is 0 Å². The summed E-state index contributed by atoms with van der Waals surface area (Å²) in [6.07, 6.45) is 6.18. The van der Waals surface area contributed by atoms with Crippen LogP contribution in [0.15, 0.2) is 30.3 Å². The maximum Gasteiger partial charge on any atom is 0.407 e. The van der Waals surface area contributed by atoms with Gasteiger partial charge in [-0.05, 0) is 30.7 Å². The highest BCUT2D eigenvalue weighted by atomic mass is 16.5. The van der Waals surface area contributed by atoms with Crippen LogP contribution in [0, 0.1) is 5.92 Å². The second kappa shape index (κ2) is 8.67. The van der Waals surface area contributed by atoms with Gasteiger partial charge in [0.1, 0.15) is 6.61 Å². The first kappa shape index (κ1) is 15.8. The summed E-state index contributed by atoms with van der Waals surface area (Å²) in [5.74, 6) is 0.468. The van der Waals surface area contributed by atoms with Crippen molar-refractivity contribution in [3.05, 3.63) is 35.9 Å². The van der Waals surface area contributed by atoms with Gasteiger partial charge in [-0.25, -0.2) is 4.79 Å². The van der Waals surface area contributed by atoms with Crippen LogP contribution in [-0.2, 0) is 11.3 Å². The van der Waals surface area contributed by atoms with Gasteiger partial charge in [-0.3, -0.25) is 0 Å². The van der Waals surface area contributed by atoms with Crippen molar-refractivity contribution in [2.75, 3.05) is 6.61 Å². The number of aliphatic hydroxyl groups is 1. The third kappa shape index (κ3) is 5.38. The van der Waals surface area contributed by atoms with Gasteiger partial charge in [0, 0.05) is 12.6 Å². The molecule has 4 heteroatoms. The number of carbonyl (C=O) groups excluding carboxylic acids is 1. The van der Waals surface area contributed by atoms with Gasteiger partial charge in [-0.15, -0.1) is 0 Å². The van der Waals surface area contributed by atoms with Crippen LogP contribution in [0.4, 0.5) is 4.79 Å². The number of ether oxygens (including phenoxy) is 1. The van der Waals surface area contributed by atoms with Crippen LogP contribution < -0.4 is 5.32 Å². The lowest BCUT2D eigenvalue weighted by Gasteiger charge is -2.30. The van der Waals surface area contributed by atoms with Gasteiger partial charge in [0.25, 0.3) is 0 Å². The molecule has 0 heterocycles. The molecule has 116 valence electrons. The van der Waals surface area contributed by atoms with E-state index in [4.69, 9.17) is 4.74 Å². The highest BCUT2D eigenvalue weighted by Gasteiger charge is 2.25. The zero-order chi connectivity index (χ0) is 14.9. The second-order valence-corrected chi connectivity index (χ2v) is 5.72. The highest BCUT2D eigenvalue weighted by molar-refractivity contribution is 5.67. The minimum Gasteiger partial charge on any atom is -0.445 e. The molecule has 21 heavy (non-hydrogen) atoms. The zero-order valence-electron chi connectivity index (χ0n) is 12.5. The fraction of sp³-hybridized carbons (Fsp3) is 0.588. The summed E-state index contributed by atoms with van der Waals surface area (Å²) in [6, 6.07) is 9.67. The molecule has 0 spiro atoms. The zero-order valence-corrected chi connectivity index (χ0v) is 12.5. The smallest absolute Gasteiger partial charge is 0.407 e. The van der Waals surface area contributed by atoms with Crippen molar-refractivity contribution in [3.63, 3.8) is 0 Å². The predicted molar refractivity (Wildman–Crippen MR) is 81.8 cm³/mol. The van der Waals surface area contributed by atoms with Crippen LogP contribution in [-0.4, -0.2) is 23.8 Å². The quantitative estimate of drug-likeness (QED) is 0.846. The second-order valence-electron chi connectivity index (χ2n) is 5.72. The van der Waals surface area contributed by atoms with Gasteiger partial charge in [0.15, 0.2) is 0 Å². The van der Waals surface area contributed by atoms with Crippen molar-refractivity contribution in [1.82, 2.24) is 5.32 Å². The van der Waals surface area contributed by atoms with Crippen LogP contribution >= 0.6 is 0 Å². The first-order chi connectivity index (χ1) is 10.3. The summed E-state index contributed by atoms with van der Waals surface area (Å²) in [5, 5.41) is 12.1. The Morgan fingerprint density at radius 3 is 2.62 bits per heavy atom. The Kier molecular flexibility index (Phi) is 6.54. The lowest BCUT2D eigenvalue weighted by Crippen LogP contribution is -2.42. The van der Waals surface area contributed by atoms with Gasteiger partial charge in [0.05, 0.1) is 0 Å². The molecule has 2 N–H and O–H groups in total. The topological polar surface area (TPSA) is 58.6 Å². The first-order valence-corrected chi connectivity index (χ1v) is 7.87. The van der Waals surface area contributed by atoms with Gasteiger partial charge < -0.3 is 15.2 Å². The molecular weight excluding hydrogens is 266 g/mol. The highest BCUT2D eigenvalue weighted by Crippen LogP contribution is 2.27. The third-order valence-electron chi connectivity index (χ3n) is 4.17. The van der Waals surface area contributed by atoms with Crippen LogP contribution in [0.2, 0.25) is 0 Å². The lowest BCUT2D eigenvalue weighted by molar-refractivity contribution is 0.124. The molecule has 2 rings (SSSR count). The number of hydrogen-bond donors (Lipinski definition) is 2. The number of benzene rings is 1. The average molecular weight is 291 g/mol. The SMILES string of the molecule is O=C(NC(CCO)C1CCCCC1)OCc1ccccc1. The van der Waals surface area contributed by atoms with Crippen LogP contribution in [0.25, 0.3) is 0 Å². The standard InChI is InChI=1S/C17H25NO3/c19-12-11-16(15-9-5-2-6-10-15)18-17(20)21-13-14-7-3-1-4-8-14/h1,3-4,7-8,15-16,19H,2,5-6,9-13H2,(H,18,20). The molecule has 0 aliphatic heterocycles. The summed E-state index contributed by atoms with van der Waals surface area (Å²) < 4.78 is 5.26. The van der Waals surface area contributed by atoms with Gasteiger partial charge in [-0.2, -0.15) is 0 Å². The lowest BCUT2D eigenvalue weighted by atomic mass is 9.83. The van der Waals surface area contributed by atoms with E-state index in [0.717, 1.165) is 18.4 Å².